The first-order valence-corrected chi connectivity index (χ1v) is 6.90. The summed E-state index contributed by atoms with van der Waals surface area (Å²) in [5, 5.41) is 7.44. The third-order valence-electron chi connectivity index (χ3n) is 2.50. The number of sulfonamides is 1. The average Bonchev–Trinajstić information content (AvgIpc) is 2.35. The number of benzene rings is 1. The third kappa shape index (κ3) is 3.21. The number of nitrogen functional groups attached to an aromatic ring is 1. The van der Waals surface area contributed by atoms with Crippen molar-refractivity contribution in [2.75, 3.05) is 30.8 Å². The van der Waals surface area contributed by atoms with Crippen molar-refractivity contribution in [1.82, 2.24) is 0 Å². The van der Waals surface area contributed by atoms with Crippen LogP contribution >= 0.6 is 0 Å². The van der Waals surface area contributed by atoms with Crippen LogP contribution in [0.4, 0.5) is 5.69 Å². The minimum atomic E-state index is -3.48. The van der Waals surface area contributed by atoms with E-state index in [0.717, 1.165) is 4.31 Å². The summed E-state index contributed by atoms with van der Waals surface area (Å²) in [5.74, 6) is -0.286. The van der Waals surface area contributed by atoms with Gasteiger partial charge in [0.15, 0.2) is 0 Å². The average molecular weight is 271 g/mol. The minimum absolute atomic E-state index is 0.119. The highest BCUT2D eigenvalue weighted by molar-refractivity contribution is 7.92. The van der Waals surface area contributed by atoms with Crippen LogP contribution in [0.1, 0.15) is 5.56 Å². The van der Waals surface area contributed by atoms with Gasteiger partial charge in [-0.2, -0.15) is 0 Å². The highest BCUT2D eigenvalue weighted by Gasteiger charge is 2.20. The highest BCUT2D eigenvalue weighted by Crippen LogP contribution is 2.21. The topological polar surface area (TPSA) is 96.5 Å². The van der Waals surface area contributed by atoms with Gasteiger partial charge in [-0.15, -0.1) is 0 Å². The van der Waals surface area contributed by atoms with Crippen LogP contribution in [-0.2, 0) is 14.8 Å². The Bertz CT molecular complexity index is 528. The first kappa shape index (κ1) is 14.5. The Morgan fingerprint density at radius 2 is 2.06 bits per heavy atom. The van der Waals surface area contributed by atoms with Crippen molar-refractivity contribution in [3.63, 3.8) is 0 Å². The van der Waals surface area contributed by atoms with Gasteiger partial charge in [0.25, 0.3) is 0 Å². The quantitative estimate of drug-likeness (QED) is 0.577. The van der Waals surface area contributed by atoms with E-state index in [1.807, 2.05) is 0 Å². The molecule has 0 saturated heterocycles. The van der Waals surface area contributed by atoms with E-state index < -0.39 is 10.0 Å². The van der Waals surface area contributed by atoms with Crippen LogP contribution in [-0.4, -0.2) is 40.8 Å². The molecular weight excluding hydrogens is 254 g/mol. The van der Waals surface area contributed by atoms with Gasteiger partial charge in [-0.3, -0.25) is 9.71 Å². The number of para-hydroxylation sites is 1. The maximum atomic E-state index is 12.0. The molecule has 1 aromatic carbocycles. The molecule has 0 radical (unpaired) electrons. The van der Waals surface area contributed by atoms with Crippen molar-refractivity contribution in [1.29, 1.82) is 5.41 Å². The van der Waals surface area contributed by atoms with Crippen LogP contribution in [0.3, 0.4) is 0 Å². The number of ether oxygens (including phenoxy) is 1. The molecule has 0 unspecified atom stereocenters. The van der Waals surface area contributed by atoms with Gasteiger partial charge >= 0.3 is 0 Å². The molecule has 0 aliphatic rings. The molecule has 0 aromatic heterocycles. The Morgan fingerprint density at radius 3 is 2.61 bits per heavy atom. The predicted molar refractivity (Wildman–Crippen MR) is 71.5 cm³/mol. The summed E-state index contributed by atoms with van der Waals surface area (Å²) in [6.07, 6.45) is 0. The number of anilines is 1. The zero-order chi connectivity index (χ0) is 13.8. The van der Waals surface area contributed by atoms with Crippen LogP contribution in [0, 0.1) is 5.41 Å². The van der Waals surface area contributed by atoms with Crippen molar-refractivity contribution >= 4 is 21.5 Å². The molecule has 0 saturated carbocycles. The lowest BCUT2D eigenvalue weighted by atomic mass is 10.1. The van der Waals surface area contributed by atoms with Crippen molar-refractivity contribution < 1.29 is 13.2 Å². The lowest BCUT2D eigenvalue weighted by molar-refractivity contribution is 0.217. The van der Waals surface area contributed by atoms with Gasteiger partial charge in [0.1, 0.15) is 5.84 Å². The maximum Gasteiger partial charge on any atom is 0.237 e. The summed E-state index contributed by atoms with van der Waals surface area (Å²) >= 11 is 0. The van der Waals surface area contributed by atoms with Gasteiger partial charge < -0.3 is 10.5 Å². The zero-order valence-electron chi connectivity index (χ0n) is 10.4. The largest absolute Gasteiger partial charge is 0.384 e. The molecule has 100 valence electrons. The number of methoxy groups -OCH3 is 1. The van der Waals surface area contributed by atoms with Gasteiger partial charge in [0, 0.05) is 19.7 Å². The van der Waals surface area contributed by atoms with E-state index in [9.17, 15) is 8.42 Å². The van der Waals surface area contributed by atoms with Crippen LogP contribution in [0.2, 0.25) is 0 Å². The van der Waals surface area contributed by atoms with E-state index in [2.05, 4.69) is 0 Å². The van der Waals surface area contributed by atoms with Crippen molar-refractivity contribution in [2.45, 2.75) is 0 Å². The maximum absolute atomic E-state index is 12.0. The number of hydrogen-bond donors (Lipinski definition) is 2. The Hall–Kier alpha value is -1.60. The molecule has 0 bridgehead atoms. The fourth-order valence-corrected chi connectivity index (χ4v) is 2.56. The Morgan fingerprint density at radius 1 is 1.44 bits per heavy atom. The second-order valence-electron chi connectivity index (χ2n) is 3.71. The Labute approximate surface area is 107 Å². The molecule has 7 heteroatoms. The molecule has 6 nitrogen and oxygen atoms in total. The van der Waals surface area contributed by atoms with Gasteiger partial charge in [-0.05, 0) is 12.1 Å². The molecule has 0 aliphatic heterocycles. The standard InChI is InChI=1S/C11H17N3O3S/c1-14(18(15,16)8-7-17-2)10-6-4-3-5-9(10)11(12)13/h3-6H,7-8H2,1-2H3,(H3,12,13). The number of nitrogens with two attached hydrogens (primary N) is 1. The van der Waals surface area contributed by atoms with Crippen molar-refractivity contribution in [2.24, 2.45) is 5.73 Å². The van der Waals surface area contributed by atoms with Crippen LogP contribution in [0.25, 0.3) is 0 Å². The summed E-state index contributed by atoms with van der Waals surface area (Å²) in [6, 6.07) is 6.63. The fourth-order valence-electron chi connectivity index (χ4n) is 1.45. The molecule has 18 heavy (non-hydrogen) atoms. The van der Waals surface area contributed by atoms with Gasteiger partial charge in [-0.25, -0.2) is 8.42 Å². The number of nitrogens with one attached hydrogen (secondary N) is 1. The normalized spacial score (nSPS) is 11.2. The molecule has 0 atom stereocenters. The number of hydrogen-bond acceptors (Lipinski definition) is 4. The summed E-state index contributed by atoms with van der Waals surface area (Å²) in [5.41, 5.74) is 6.21. The monoisotopic (exact) mass is 271 g/mol. The first-order valence-electron chi connectivity index (χ1n) is 5.29. The molecule has 0 heterocycles. The molecule has 0 amide bonds. The molecule has 0 spiro atoms. The van der Waals surface area contributed by atoms with E-state index in [-0.39, 0.29) is 18.2 Å². The van der Waals surface area contributed by atoms with E-state index in [1.54, 1.807) is 24.3 Å². The second-order valence-corrected chi connectivity index (χ2v) is 5.83. The van der Waals surface area contributed by atoms with Gasteiger partial charge in [-0.1, -0.05) is 12.1 Å². The van der Waals surface area contributed by atoms with E-state index in [4.69, 9.17) is 15.9 Å². The minimum Gasteiger partial charge on any atom is -0.384 e. The molecular formula is C11H17N3O3S. The Balaban J connectivity index is 3.11. The first-order chi connectivity index (χ1) is 8.40. The van der Waals surface area contributed by atoms with E-state index in [1.165, 1.54) is 14.2 Å². The smallest absolute Gasteiger partial charge is 0.237 e. The Kier molecular flexibility index (Phi) is 4.69. The van der Waals surface area contributed by atoms with Crippen LogP contribution < -0.4 is 10.0 Å². The van der Waals surface area contributed by atoms with E-state index in [0.29, 0.717) is 11.3 Å². The summed E-state index contributed by atoms with van der Waals surface area (Å²) < 4.78 is 29.9. The van der Waals surface area contributed by atoms with Crippen LogP contribution in [0.5, 0.6) is 0 Å². The van der Waals surface area contributed by atoms with Gasteiger partial charge in [0.2, 0.25) is 10.0 Å². The van der Waals surface area contributed by atoms with Crippen LogP contribution in [0.15, 0.2) is 24.3 Å². The fraction of sp³-hybridized carbons (Fsp3) is 0.364. The molecule has 1 aromatic rings. The van der Waals surface area contributed by atoms with Gasteiger partial charge in [0.05, 0.1) is 18.0 Å². The number of nitrogens with zero attached hydrogens (tertiary/aromatic N) is 1. The number of rotatable bonds is 6. The molecule has 3 N–H and O–H groups in total. The van der Waals surface area contributed by atoms with Crippen molar-refractivity contribution in [3.8, 4) is 0 Å². The summed E-state index contributed by atoms with van der Waals surface area (Å²) in [7, 11) is -0.595. The predicted octanol–water partition coefficient (Wildman–Crippen LogP) is 0.383. The number of amidine groups is 1. The van der Waals surface area contributed by atoms with Crippen molar-refractivity contribution in [3.05, 3.63) is 29.8 Å². The van der Waals surface area contributed by atoms with E-state index >= 15 is 0 Å². The summed E-state index contributed by atoms with van der Waals surface area (Å²) in [6.45, 7) is 0.120. The molecule has 0 aliphatic carbocycles. The SMILES string of the molecule is COCCS(=O)(=O)N(C)c1ccccc1C(=N)N. The lowest BCUT2D eigenvalue weighted by Gasteiger charge is -2.21. The molecule has 0 fully saturated rings. The molecule has 1 rings (SSSR count). The summed E-state index contributed by atoms with van der Waals surface area (Å²) in [4.78, 5) is 0. The second kappa shape index (κ2) is 5.83. The highest BCUT2D eigenvalue weighted by atomic mass is 32.2. The zero-order valence-corrected chi connectivity index (χ0v) is 11.2. The third-order valence-corrected chi connectivity index (χ3v) is 4.21. The lowest BCUT2D eigenvalue weighted by Crippen LogP contribution is -2.32.